The Kier molecular flexibility index (Phi) is 7.39. The van der Waals surface area contributed by atoms with E-state index in [-0.39, 0.29) is 0 Å². The van der Waals surface area contributed by atoms with Crippen molar-refractivity contribution in [2.75, 3.05) is 32.1 Å². The largest absolute Gasteiger partial charge is 0.382 e. The summed E-state index contributed by atoms with van der Waals surface area (Å²) in [7, 11) is 0. The lowest BCUT2D eigenvalue weighted by Crippen LogP contribution is -2.20. The van der Waals surface area contributed by atoms with Gasteiger partial charge < -0.3 is 14.6 Å². The molecule has 0 saturated heterocycles. The quantitative estimate of drug-likeness (QED) is 0.559. The van der Waals surface area contributed by atoms with Gasteiger partial charge in [0.15, 0.2) is 5.16 Å². The number of hydrogen-bond donors (Lipinski definition) is 1. The van der Waals surface area contributed by atoms with E-state index in [1.165, 1.54) is 25.1 Å². The van der Waals surface area contributed by atoms with Crippen LogP contribution in [0.3, 0.4) is 0 Å². The Labute approximate surface area is 125 Å². The summed E-state index contributed by atoms with van der Waals surface area (Å²) in [5.74, 6) is 2.22. The van der Waals surface area contributed by atoms with Crippen LogP contribution >= 0.6 is 11.8 Å². The molecule has 1 aliphatic heterocycles. The minimum atomic E-state index is 0.813. The topological polar surface area (TPSA) is 52.0 Å². The fourth-order valence-electron chi connectivity index (χ4n) is 2.35. The molecule has 0 amide bonds. The molecule has 6 heteroatoms. The van der Waals surface area contributed by atoms with E-state index in [0.29, 0.717) is 0 Å². The molecule has 1 aromatic heterocycles. The molecule has 0 radical (unpaired) electrons. The zero-order valence-electron chi connectivity index (χ0n) is 12.4. The highest BCUT2D eigenvalue weighted by Crippen LogP contribution is 2.21. The number of ether oxygens (including phenoxy) is 1. The molecule has 2 heterocycles. The normalized spacial score (nSPS) is 15.1. The van der Waals surface area contributed by atoms with Gasteiger partial charge in [-0.1, -0.05) is 18.2 Å². The Hall–Kier alpha value is -0.590. The van der Waals surface area contributed by atoms with Crippen molar-refractivity contribution in [1.82, 2.24) is 20.1 Å². The molecular weight excluding hydrogens is 272 g/mol. The molecule has 2 rings (SSSR count). The monoisotopic (exact) mass is 298 g/mol. The van der Waals surface area contributed by atoms with Crippen LogP contribution in [0, 0.1) is 0 Å². The molecule has 0 saturated carbocycles. The van der Waals surface area contributed by atoms with Gasteiger partial charge in [-0.3, -0.25) is 0 Å². The Balaban J connectivity index is 1.61. The molecule has 114 valence electrons. The number of hydrogen-bond acceptors (Lipinski definition) is 5. The first-order valence-corrected chi connectivity index (χ1v) is 8.73. The van der Waals surface area contributed by atoms with E-state index in [1.54, 1.807) is 0 Å². The third-order valence-corrected chi connectivity index (χ3v) is 4.40. The van der Waals surface area contributed by atoms with Gasteiger partial charge in [0.25, 0.3) is 0 Å². The van der Waals surface area contributed by atoms with E-state index < -0.39 is 0 Å². The molecule has 0 aliphatic carbocycles. The number of thioether (sulfide) groups is 1. The van der Waals surface area contributed by atoms with Crippen molar-refractivity contribution in [3.63, 3.8) is 0 Å². The first-order chi connectivity index (χ1) is 9.92. The van der Waals surface area contributed by atoms with E-state index in [2.05, 4.69) is 20.1 Å². The lowest BCUT2D eigenvalue weighted by atomic mass is 10.2. The van der Waals surface area contributed by atoms with Crippen molar-refractivity contribution < 1.29 is 4.74 Å². The number of nitrogens with zero attached hydrogens (tertiary/aromatic N) is 3. The molecule has 5 nitrogen and oxygen atoms in total. The SMILES string of the molecule is CCOCCCNCCSc1nnc2n1CCCCC2. The summed E-state index contributed by atoms with van der Waals surface area (Å²) < 4.78 is 7.62. The molecule has 0 atom stereocenters. The first-order valence-electron chi connectivity index (χ1n) is 7.75. The van der Waals surface area contributed by atoms with Gasteiger partial charge in [-0.2, -0.15) is 0 Å². The summed E-state index contributed by atoms with van der Waals surface area (Å²) in [6.45, 7) is 6.83. The standard InChI is InChI=1S/C14H26N4OS/c1-2-19-11-6-8-15-9-12-20-14-17-16-13-7-4-3-5-10-18(13)14/h15H,2-12H2,1H3. The van der Waals surface area contributed by atoms with Crippen LogP contribution < -0.4 is 5.32 Å². The number of nitrogens with one attached hydrogen (secondary N) is 1. The Bertz CT molecular complexity index is 383. The van der Waals surface area contributed by atoms with Crippen molar-refractivity contribution >= 4 is 11.8 Å². The van der Waals surface area contributed by atoms with Gasteiger partial charge in [0, 0.05) is 38.5 Å². The van der Waals surface area contributed by atoms with Gasteiger partial charge in [0.05, 0.1) is 0 Å². The third-order valence-electron chi connectivity index (χ3n) is 3.43. The maximum absolute atomic E-state index is 5.31. The molecule has 0 spiro atoms. The van der Waals surface area contributed by atoms with Crippen molar-refractivity contribution in [3.05, 3.63) is 5.82 Å². The highest BCUT2D eigenvalue weighted by molar-refractivity contribution is 7.99. The van der Waals surface area contributed by atoms with Crippen LogP contribution in [0.4, 0.5) is 0 Å². The van der Waals surface area contributed by atoms with E-state index in [9.17, 15) is 0 Å². The van der Waals surface area contributed by atoms with E-state index in [0.717, 1.165) is 56.6 Å². The fourth-order valence-corrected chi connectivity index (χ4v) is 3.23. The lowest BCUT2D eigenvalue weighted by molar-refractivity contribution is 0.145. The van der Waals surface area contributed by atoms with E-state index in [1.807, 2.05) is 18.7 Å². The summed E-state index contributed by atoms with van der Waals surface area (Å²) in [6, 6.07) is 0. The summed E-state index contributed by atoms with van der Waals surface area (Å²) in [6.07, 6.45) is 6.00. The summed E-state index contributed by atoms with van der Waals surface area (Å²) in [5, 5.41) is 13.2. The molecule has 1 aromatic rings. The highest BCUT2D eigenvalue weighted by atomic mass is 32.2. The van der Waals surface area contributed by atoms with Crippen LogP contribution in [0.25, 0.3) is 0 Å². The molecule has 0 unspecified atom stereocenters. The molecule has 0 aromatic carbocycles. The van der Waals surface area contributed by atoms with Crippen LogP contribution in [0.15, 0.2) is 5.16 Å². The zero-order valence-corrected chi connectivity index (χ0v) is 13.3. The summed E-state index contributed by atoms with van der Waals surface area (Å²) in [5.41, 5.74) is 0. The molecule has 0 bridgehead atoms. The smallest absolute Gasteiger partial charge is 0.191 e. The minimum absolute atomic E-state index is 0.813. The second kappa shape index (κ2) is 9.37. The van der Waals surface area contributed by atoms with Crippen LogP contribution in [-0.2, 0) is 17.7 Å². The Morgan fingerprint density at radius 3 is 3.10 bits per heavy atom. The van der Waals surface area contributed by atoms with Gasteiger partial charge in [0.2, 0.25) is 0 Å². The van der Waals surface area contributed by atoms with Gasteiger partial charge in [0.1, 0.15) is 5.82 Å². The molecule has 1 aliphatic rings. The van der Waals surface area contributed by atoms with Crippen LogP contribution in [0.1, 0.15) is 38.4 Å². The van der Waals surface area contributed by atoms with Gasteiger partial charge in [-0.25, -0.2) is 0 Å². The van der Waals surface area contributed by atoms with Crippen LogP contribution in [-0.4, -0.2) is 46.8 Å². The van der Waals surface area contributed by atoms with Crippen molar-refractivity contribution in [3.8, 4) is 0 Å². The van der Waals surface area contributed by atoms with Gasteiger partial charge in [-0.15, -0.1) is 10.2 Å². The highest BCUT2D eigenvalue weighted by Gasteiger charge is 2.14. The van der Waals surface area contributed by atoms with E-state index in [4.69, 9.17) is 4.74 Å². The Morgan fingerprint density at radius 2 is 2.20 bits per heavy atom. The maximum atomic E-state index is 5.31. The second-order valence-electron chi connectivity index (χ2n) is 5.01. The summed E-state index contributed by atoms with van der Waals surface area (Å²) >= 11 is 1.81. The van der Waals surface area contributed by atoms with Gasteiger partial charge in [-0.05, 0) is 32.7 Å². The predicted octanol–water partition coefficient (Wildman–Crippen LogP) is 2.11. The van der Waals surface area contributed by atoms with Crippen molar-refractivity contribution in [1.29, 1.82) is 0 Å². The average molecular weight is 298 g/mol. The van der Waals surface area contributed by atoms with Crippen molar-refractivity contribution in [2.45, 2.75) is 50.7 Å². The number of aromatic nitrogens is 3. The molecule has 0 fully saturated rings. The minimum Gasteiger partial charge on any atom is -0.382 e. The predicted molar refractivity (Wildman–Crippen MR) is 82.3 cm³/mol. The molecule has 20 heavy (non-hydrogen) atoms. The zero-order chi connectivity index (χ0) is 14.0. The number of aryl methyl sites for hydroxylation is 1. The number of fused-ring (bicyclic) bond motifs is 1. The summed E-state index contributed by atoms with van der Waals surface area (Å²) in [4.78, 5) is 0. The number of rotatable bonds is 9. The first kappa shape index (κ1) is 15.8. The van der Waals surface area contributed by atoms with Crippen LogP contribution in [0.5, 0.6) is 0 Å². The molecule has 1 N–H and O–H groups in total. The van der Waals surface area contributed by atoms with E-state index >= 15 is 0 Å². The van der Waals surface area contributed by atoms with Crippen molar-refractivity contribution in [2.24, 2.45) is 0 Å². The second-order valence-corrected chi connectivity index (χ2v) is 6.07. The van der Waals surface area contributed by atoms with Crippen LogP contribution in [0.2, 0.25) is 0 Å². The average Bonchev–Trinajstić information content (AvgIpc) is 2.70. The third kappa shape index (κ3) is 5.07. The van der Waals surface area contributed by atoms with Gasteiger partial charge >= 0.3 is 0 Å². The molecular formula is C14H26N4OS. The lowest BCUT2D eigenvalue weighted by Gasteiger charge is -2.07. The maximum Gasteiger partial charge on any atom is 0.191 e. The fraction of sp³-hybridized carbons (Fsp3) is 0.857. The Morgan fingerprint density at radius 1 is 1.25 bits per heavy atom.